The lowest BCUT2D eigenvalue weighted by Crippen LogP contribution is -2.29. The van der Waals surface area contributed by atoms with Crippen molar-refractivity contribution in [2.24, 2.45) is 0 Å². The Morgan fingerprint density at radius 1 is 0.821 bits per heavy atom. The number of aryl methyl sites for hydroxylation is 2. The third-order valence-corrected chi connectivity index (χ3v) is 7.48. The Bertz CT molecular complexity index is 1600. The minimum absolute atomic E-state index is 0.104. The van der Waals surface area contributed by atoms with E-state index in [0.29, 0.717) is 5.11 Å². The first-order chi connectivity index (χ1) is 19.0. The van der Waals surface area contributed by atoms with E-state index in [1.807, 2.05) is 67.0 Å². The van der Waals surface area contributed by atoms with Crippen molar-refractivity contribution >= 4 is 23.0 Å². The molecule has 1 N–H and O–H groups in total. The highest BCUT2D eigenvalue weighted by atomic mass is 32.1. The molecule has 0 spiro atoms. The second kappa shape index (κ2) is 10.3. The van der Waals surface area contributed by atoms with E-state index in [1.54, 1.807) is 6.20 Å². The first-order valence-corrected chi connectivity index (χ1v) is 13.3. The summed E-state index contributed by atoms with van der Waals surface area (Å²) in [6, 6.07) is 28.2. The van der Waals surface area contributed by atoms with Crippen LogP contribution in [-0.4, -0.2) is 19.6 Å². The number of ether oxygens (including phenoxy) is 1. The van der Waals surface area contributed by atoms with Crippen LogP contribution in [0.25, 0.3) is 5.69 Å². The van der Waals surface area contributed by atoms with Crippen LogP contribution in [0.1, 0.15) is 40.3 Å². The average molecular weight is 532 g/mol. The van der Waals surface area contributed by atoms with Crippen LogP contribution < -0.4 is 15.0 Å². The summed E-state index contributed by atoms with van der Waals surface area (Å²) in [6.45, 7) is 6.35. The van der Waals surface area contributed by atoms with E-state index < -0.39 is 0 Å². The lowest BCUT2D eigenvalue weighted by atomic mass is 9.96. The summed E-state index contributed by atoms with van der Waals surface area (Å²) in [5.74, 6) is 1.58. The van der Waals surface area contributed by atoms with Gasteiger partial charge in [-0.25, -0.2) is 0 Å². The quantitative estimate of drug-likeness (QED) is 0.235. The Morgan fingerprint density at radius 3 is 2.23 bits per heavy atom. The number of thiocarbonyl (C=S) groups is 1. The molecule has 2 atom stereocenters. The number of hydrogen-bond acceptors (Lipinski definition) is 4. The highest BCUT2D eigenvalue weighted by Gasteiger charge is 2.42. The van der Waals surface area contributed by atoms with Crippen LogP contribution in [0.15, 0.2) is 104 Å². The van der Waals surface area contributed by atoms with Crippen molar-refractivity contribution in [2.45, 2.75) is 32.9 Å². The number of nitrogens with one attached hydrogen (secondary N) is 1. The Kier molecular flexibility index (Phi) is 6.59. The van der Waals surface area contributed by atoms with Crippen molar-refractivity contribution in [3.63, 3.8) is 0 Å². The molecule has 1 saturated heterocycles. The standard InChI is InChI=1S/C32H29N5OS/c1-21-9-13-26(14-10-21)38-27-15-11-24(12-16-27)37-31(30(35-32(37)39)29-8-4-5-18-34-29)28-19-22(2)36(23(28)3)25-7-6-17-33-20-25/h4-20,30-31H,1-3H3,(H,35,39)/t30-,31+/m0/s1. The molecule has 0 unspecified atom stereocenters. The molecule has 0 bridgehead atoms. The van der Waals surface area contributed by atoms with E-state index in [2.05, 4.69) is 70.9 Å². The number of rotatable bonds is 6. The summed E-state index contributed by atoms with van der Waals surface area (Å²) in [5.41, 5.74) is 7.61. The summed E-state index contributed by atoms with van der Waals surface area (Å²) in [5, 5.41) is 4.23. The topological polar surface area (TPSA) is 55.2 Å². The van der Waals surface area contributed by atoms with Gasteiger partial charge in [-0.15, -0.1) is 0 Å². The molecule has 194 valence electrons. The predicted molar refractivity (Wildman–Crippen MR) is 159 cm³/mol. The predicted octanol–water partition coefficient (Wildman–Crippen LogP) is 7.16. The fourth-order valence-corrected chi connectivity index (χ4v) is 5.68. The number of nitrogens with zero attached hydrogens (tertiary/aromatic N) is 4. The maximum absolute atomic E-state index is 6.08. The maximum atomic E-state index is 6.08. The molecule has 2 aromatic carbocycles. The highest BCUT2D eigenvalue weighted by Crippen LogP contribution is 2.44. The summed E-state index contributed by atoms with van der Waals surface area (Å²) in [6.07, 6.45) is 5.51. The Hall–Kier alpha value is -4.49. The van der Waals surface area contributed by atoms with Gasteiger partial charge in [-0.1, -0.05) is 23.8 Å². The monoisotopic (exact) mass is 531 g/mol. The molecule has 4 heterocycles. The van der Waals surface area contributed by atoms with E-state index in [0.717, 1.165) is 40.0 Å². The molecule has 1 aliphatic rings. The molecule has 3 aromatic heterocycles. The number of anilines is 1. The van der Waals surface area contributed by atoms with Gasteiger partial charge in [0.25, 0.3) is 0 Å². The zero-order valence-corrected chi connectivity index (χ0v) is 22.9. The number of pyridine rings is 2. The van der Waals surface area contributed by atoms with Crippen LogP contribution in [0, 0.1) is 20.8 Å². The van der Waals surface area contributed by atoms with E-state index in [1.165, 1.54) is 11.1 Å². The molecule has 39 heavy (non-hydrogen) atoms. The van der Waals surface area contributed by atoms with E-state index in [-0.39, 0.29) is 12.1 Å². The maximum Gasteiger partial charge on any atom is 0.174 e. The molecule has 0 radical (unpaired) electrons. The lowest BCUT2D eigenvalue weighted by molar-refractivity contribution is 0.482. The zero-order chi connectivity index (χ0) is 26.9. The smallest absolute Gasteiger partial charge is 0.174 e. The Morgan fingerprint density at radius 2 is 1.56 bits per heavy atom. The van der Waals surface area contributed by atoms with E-state index >= 15 is 0 Å². The van der Waals surface area contributed by atoms with Gasteiger partial charge in [-0.05, 0) is 105 Å². The number of benzene rings is 2. The summed E-state index contributed by atoms with van der Waals surface area (Å²) in [4.78, 5) is 11.2. The van der Waals surface area contributed by atoms with Gasteiger partial charge in [0.1, 0.15) is 11.5 Å². The minimum Gasteiger partial charge on any atom is -0.457 e. The van der Waals surface area contributed by atoms with Crippen molar-refractivity contribution in [3.05, 3.63) is 132 Å². The van der Waals surface area contributed by atoms with Crippen molar-refractivity contribution in [2.75, 3.05) is 4.90 Å². The van der Waals surface area contributed by atoms with Gasteiger partial charge in [0.15, 0.2) is 5.11 Å². The molecule has 6 nitrogen and oxygen atoms in total. The van der Waals surface area contributed by atoms with Crippen molar-refractivity contribution in [3.8, 4) is 17.2 Å². The Balaban J connectivity index is 1.40. The molecule has 0 amide bonds. The van der Waals surface area contributed by atoms with Crippen LogP contribution in [0.4, 0.5) is 5.69 Å². The van der Waals surface area contributed by atoms with Gasteiger partial charge in [0.2, 0.25) is 0 Å². The molecule has 0 aliphatic carbocycles. The second-order valence-electron chi connectivity index (χ2n) is 9.78. The van der Waals surface area contributed by atoms with Gasteiger partial charge in [-0.3, -0.25) is 9.97 Å². The molecule has 0 saturated carbocycles. The van der Waals surface area contributed by atoms with E-state index in [4.69, 9.17) is 21.9 Å². The summed E-state index contributed by atoms with van der Waals surface area (Å²) in [7, 11) is 0. The van der Waals surface area contributed by atoms with Gasteiger partial charge < -0.3 is 19.5 Å². The molecular formula is C32H29N5OS. The van der Waals surface area contributed by atoms with Gasteiger partial charge >= 0.3 is 0 Å². The number of hydrogen-bond donors (Lipinski definition) is 1. The van der Waals surface area contributed by atoms with Crippen molar-refractivity contribution in [1.82, 2.24) is 19.9 Å². The van der Waals surface area contributed by atoms with Crippen LogP contribution in [0.2, 0.25) is 0 Å². The largest absolute Gasteiger partial charge is 0.457 e. The number of aromatic nitrogens is 3. The van der Waals surface area contributed by atoms with Crippen LogP contribution >= 0.6 is 12.2 Å². The molecule has 7 heteroatoms. The average Bonchev–Trinajstić information content (AvgIpc) is 3.46. The third-order valence-electron chi connectivity index (χ3n) is 7.16. The van der Waals surface area contributed by atoms with Crippen molar-refractivity contribution in [1.29, 1.82) is 0 Å². The minimum atomic E-state index is -0.120. The first kappa shape index (κ1) is 24.8. The normalized spacial score (nSPS) is 16.8. The van der Waals surface area contributed by atoms with Crippen LogP contribution in [0.3, 0.4) is 0 Å². The molecule has 1 aliphatic heterocycles. The van der Waals surface area contributed by atoms with Crippen molar-refractivity contribution < 1.29 is 4.74 Å². The third kappa shape index (κ3) is 4.77. The fraction of sp³-hybridized carbons (Fsp3) is 0.156. The molecular weight excluding hydrogens is 502 g/mol. The Labute approximate surface area is 233 Å². The summed E-state index contributed by atoms with van der Waals surface area (Å²) < 4.78 is 8.33. The molecule has 6 rings (SSSR count). The van der Waals surface area contributed by atoms with Gasteiger partial charge in [0.05, 0.1) is 29.7 Å². The SMILES string of the molecule is Cc1ccc(Oc2ccc(N3C(=S)N[C@@H](c4ccccn4)[C@H]3c3cc(C)n(-c4cccnc4)c3C)cc2)cc1. The fourth-order valence-electron chi connectivity index (χ4n) is 5.34. The second-order valence-corrected chi connectivity index (χ2v) is 10.2. The summed E-state index contributed by atoms with van der Waals surface area (Å²) >= 11 is 5.94. The van der Waals surface area contributed by atoms with E-state index in [9.17, 15) is 0 Å². The van der Waals surface area contributed by atoms with Crippen LogP contribution in [-0.2, 0) is 0 Å². The van der Waals surface area contributed by atoms with Gasteiger partial charge in [0, 0.05) is 29.5 Å². The lowest BCUT2D eigenvalue weighted by Gasteiger charge is -2.28. The highest BCUT2D eigenvalue weighted by molar-refractivity contribution is 7.80. The zero-order valence-electron chi connectivity index (χ0n) is 22.1. The van der Waals surface area contributed by atoms with Crippen LogP contribution in [0.5, 0.6) is 11.5 Å². The van der Waals surface area contributed by atoms with Gasteiger partial charge in [-0.2, -0.15) is 0 Å². The molecule has 5 aromatic rings. The first-order valence-electron chi connectivity index (χ1n) is 12.9. The molecule has 1 fully saturated rings.